The van der Waals surface area contributed by atoms with Gasteiger partial charge >= 0.3 is 0 Å². The fourth-order valence-electron chi connectivity index (χ4n) is 1.02. The van der Waals surface area contributed by atoms with Crippen LogP contribution in [0.3, 0.4) is 0 Å². The van der Waals surface area contributed by atoms with Crippen molar-refractivity contribution >= 4 is 11.8 Å². The van der Waals surface area contributed by atoms with Crippen molar-refractivity contribution in [2.45, 2.75) is 18.5 Å². The van der Waals surface area contributed by atoms with Crippen molar-refractivity contribution in [2.24, 2.45) is 0 Å². The third-order valence-electron chi connectivity index (χ3n) is 1.75. The molecular formula is C11H17N3S. The predicted molar refractivity (Wildman–Crippen MR) is 65.1 cm³/mol. The minimum atomic E-state index is 0.814. The van der Waals surface area contributed by atoms with E-state index in [1.807, 2.05) is 6.07 Å². The number of nitrogens with zero attached hydrogens (tertiary/aromatic N) is 2. The summed E-state index contributed by atoms with van der Waals surface area (Å²) in [5.74, 6) is 0.876. The maximum Gasteiger partial charge on any atom is 0.187 e. The molecule has 1 aromatic rings. The van der Waals surface area contributed by atoms with Gasteiger partial charge in [0.15, 0.2) is 5.16 Å². The van der Waals surface area contributed by atoms with Gasteiger partial charge in [0.1, 0.15) is 0 Å². The fourth-order valence-corrected chi connectivity index (χ4v) is 1.73. The van der Waals surface area contributed by atoms with Crippen molar-refractivity contribution in [3.8, 4) is 0 Å². The van der Waals surface area contributed by atoms with Crippen LogP contribution in [-0.4, -0.2) is 28.8 Å². The van der Waals surface area contributed by atoms with Crippen LogP contribution in [0, 0.1) is 0 Å². The van der Waals surface area contributed by atoms with Crippen LogP contribution in [0.25, 0.3) is 0 Å². The summed E-state index contributed by atoms with van der Waals surface area (Å²) in [4.78, 5) is 8.27. The van der Waals surface area contributed by atoms with E-state index >= 15 is 0 Å². The van der Waals surface area contributed by atoms with Crippen LogP contribution in [0.4, 0.5) is 0 Å². The smallest absolute Gasteiger partial charge is 0.187 e. The van der Waals surface area contributed by atoms with Gasteiger partial charge in [-0.1, -0.05) is 30.8 Å². The van der Waals surface area contributed by atoms with E-state index in [9.17, 15) is 0 Å². The van der Waals surface area contributed by atoms with E-state index in [4.69, 9.17) is 0 Å². The minimum Gasteiger partial charge on any atom is -0.313 e. The average Bonchev–Trinajstić information content (AvgIpc) is 2.28. The molecule has 0 aliphatic heterocycles. The summed E-state index contributed by atoms with van der Waals surface area (Å²) in [5.41, 5.74) is 1.18. The molecular weight excluding hydrogens is 206 g/mol. The molecule has 0 aromatic carbocycles. The van der Waals surface area contributed by atoms with E-state index in [0.29, 0.717) is 0 Å². The van der Waals surface area contributed by atoms with E-state index in [-0.39, 0.29) is 0 Å². The zero-order valence-electron chi connectivity index (χ0n) is 9.07. The molecule has 0 bridgehead atoms. The summed E-state index contributed by atoms with van der Waals surface area (Å²) in [7, 11) is 0. The topological polar surface area (TPSA) is 37.8 Å². The maximum absolute atomic E-state index is 4.14. The first-order chi connectivity index (χ1) is 7.33. The van der Waals surface area contributed by atoms with Crippen molar-refractivity contribution < 1.29 is 0 Å². The van der Waals surface area contributed by atoms with Crippen LogP contribution in [0.5, 0.6) is 0 Å². The van der Waals surface area contributed by atoms with Gasteiger partial charge in [-0.05, 0) is 19.0 Å². The zero-order chi connectivity index (χ0) is 10.9. The number of thioether (sulfide) groups is 1. The van der Waals surface area contributed by atoms with E-state index < -0.39 is 0 Å². The second-order valence-corrected chi connectivity index (χ2v) is 4.19. The fraction of sp³-hybridized carbons (Fsp3) is 0.455. The molecule has 0 atom stereocenters. The monoisotopic (exact) mass is 223 g/mol. The van der Waals surface area contributed by atoms with Crippen LogP contribution in [0.1, 0.15) is 13.3 Å². The Bertz CT molecular complexity index is 287. The van der Waals surface area contributed by atoms with Gasteiger partial charge < -0.3 is 5.32 Å². The lowest BCUT2D eigenvalue weighted by molar-refractivity contribution is 0.716. The average molecular weight is 223 g/mol. The molecule has 0 radical (unpaired) electrons. The summed E-state index contributed by atoms with van der Waals surface area (Å²) in [6, 6.07) is 1.82. The Balaban J connectivity index is 2.17. The van der Waals surface area contributed by atoms with Crippen molar-refractivity contribution in [3.63, 3.8) is 0 Å². The van der Waals surface area contributed by atoms with Crippen LogP contribution in [0.2, 0.25) is 0 Å². The molecule has 3 nitrogen and oxygen atoms in total. The molecule has 0 spiro atoms. The van der Waals surface area contributed by atoms with Gasteiger partial charge in [-0.25, -0.2) is 9.97 Å². The molecule has 0 fully saturated rings. The van der Waals surface area contributed by atoms with E-state index in [0.717, 1.165) is 30.4 Å². The lowest BCUT2D eigenvalue weighted by atomic mass is 10.3. The molecule has 1 heterocycles. The lowest BCUT2D eigenvalue weighted by Crippen LogP contribution is -2.18. The van der Waals surface area contributed by atoms with Crippen molar-refractivity contribution in [1.29, 1.82) is 0 Å². The Kier molecular flexibility index (Phi) is 6.04. The Hall–Kier alpha value is -0.870. The Labute approximate surface area is 95.4 Å². The summed E-state index contributed by atoms with van der Waals surface area (Å²) >= 11 is 1.62. The van der Waals surface area contributed by atoms with Crippen LogP contribution >= 0.6 is 11.8 Å². The molecule has 0 unspecified atom stereocenters. The van der Waals surface area contributed by atoms with Gasteiger partial charge in [0.05, 0.1) is 0 Å². The first-order valence-electron chi connectivity index (χ1n) is 5.10. The van der Waals surface area contributed by atoms with Crippen molar-refractivity contribution in [1.82, 2.24) is 15.3 Å². The molecule has 0 aliphatic carbocycles. The number of hydrogen-bond donors (Lipinski definition) is 1. The largest absolute Gasteiger partial charge is 0.313 e. The maximum atomic E-state index is 4.14. The Morgan fingerprint density at radius 2 is 2.20 bits per heavy atom. The molecule has 82 valence electrons. The van der Waals surface area contributed by atoms with Crippen molar-refractivity contribution in [2.75, 3.05) is 18.8 Å². The number of hydrogen-bond acceptors (Lipinski definition) is 4. The molecule has 0 aliphatic rings. The predicted octanol–water partition coefficient (Wildman–Crippen LogP) is 2.12. The lowest BCUT2D eigenvalue weighted by Gasteiger charge is -2.05. The van der Waals surface area contributed by atoms with Crippen LogP contribution < -0.4 is 5.32 Å². The Morgan fingerprint density at radius 1 is 1.47 bits per heavy atom. The molecule has 1 rings (SSSR count). The van der Waals surface area contributed by atoms with Gasteiger partial charge in [0.2, 0.25) is 0 Å². The van der Waals surface area contributed by atoms with E-state index in [1.54, 1.807) is 24.2 Å². The number of nitrogens with one attached hydrogen (secondary N) is 1. The van der Waals surface area contributed by atoms with E-state index in [1.165, 1.54) is 5.57 Å². The highest BCUT2D eigenvalue weighted by Gasteiger charge is 1.98. The highest BCUT2D eigenvalue weighted by atomic mass is 32.2. The van der Waals surface area contributed by atoms with Gasteiger partial charge in [0.25, 0.3) is 0 Å². The van der Waals surface area contributed by atoms with Crippen LogP contribution in [-0.2, 0) is 0 Å². The highest BCUT2D eigenvalue weighted by molar-refractivity contribution is 7.99. The SMILES string of the molecule is C=C(CNCCC)CSc1ncccn1. The third-order valence-corrected chi connectivity index (χ3v) is 2.77. The molecule has 0 saturated carbocycles. The zero-order valence-corrected chi connectivity index (χ0v) is 9.89. The summed E-state index contributed by atoms with van der Waals surface area (Å²) in [5, 5.41) is 4.13. The van der Waals surface area contributed by atoms with Crippen molar-refractivity contribution in [3.05, 3.63) is 30.6 Å². The van der Waals surface area contributed by atoms with Crippen LogP contribution in [0.15, 0.2) is 35.8 Å². The second-order valence-electron chi connectivity index (χ2n) is 3.25. The van der Waals surface area contributed by atoms with Gasteiger partial charge in [0, 0.05) is 24.7 Å². The normalized spacial score (nSPS) is 10.2. The quantitative estimate of drug-likeness (QED) is 0.332. The van der Waals surface area contributed by atoms with Gasteiger partial charge in [-0.15, -0.1) is 0 Å². The molecule has 1 N–H and O–H groups in total. The minimum absolute atomic E-state index is 0.814. The summed E-state index contributed by atoms with van der Waals surface area (Å²) < 4.78 is 0. The molecule has 0 amide bonds. The standard InChI is InChI=1S/C11H17N3S/c1-3-5-12-8-10(2)9-15-11-13-6-4-7-14-11/h4,6-7,12H,2-3,5,8-9H2,1H3. The first kappa shape index (κ1) is 12.2. The number of aromatic nitrogens is 2. The van der Waals surface area contributed by atoms with Gasteiger partial charge in [-0.3, -0.25) is 0 Å². The van der Waals surface area contributed by atoms with E-state index in [2.05, 4.69) is 28.8 Å². The third kappa shape index (κ3) is 5.54. The molecule has 1 aromatic heterocycles. The molecule has 0 saturated heterocycles. The molecule has 4 heteroatoms. The second kappa shape index (κ2) is 7.43. The van der Waals surface area contributed by atoms with Gasteiger partial charge in [-0.2, -0.15) is 0 Å². The number of rotatable bonds is 7. The first-order valence-corrected chi connectivity index (χ1v) is 6.08. The highest BCUT2D eigenvalue weighted by Crippen LogP contribution is 2.13. The summed E-state index contributed by atoms with van der Waals surface area (Å²) in [6.07, 6.45) is 4.67. The Morgan fingerprint density at radius 3 is 2.87 bits per heavy atom. The molecule has 15 heavy (non-hydrogen) atoms. The summed E-state index contributed by atoms with van der Waals surface area (Å²) in [6.45, 7) is 8.09.